The predicted molar refractivity (Wildman–Crippen MR) is 112 cm³/mol. The molecule has 3 rings (SSSR count). The topological polar surface area (TPSA) is 84.0 Å². The number of carbonyl (C=O) groups excluding carboxylic acids is 2. The molecule has 0 fully saturated rings. The first kappa shape index (κ1) is 20.0. The Bertz CT molecular complexity index is 952. The van der Waals surface area contributed by atoms with E-state index in [-0.39, 0.29) is 24.8 Å². The smallest absolute Gasteiger partial charge is 0.254 e. The second-order valence-corrected chi connectivity index (χ2v) is 7.69. The van der Waals surface area contributed by atoms with Gasteiger partial charge in [-0.2, -0.15) is 0 Å². The highest BCUT2D eigenvalue weighted by molar-refractivity contribution is 9.10. The minimum atomic E-state index is -0.262. The maximum Gasteiger partial charge on any atom is 0.254 e. The lowest BCUT2D eigenvalue weighted by molar-refractivity contribution is -0.116. The van der Waals surface area contributed by atoms with Crippen molar-refractivity contribution in [3.05, 3.63) is 77.2 Å². The number of nitrogens with one attached hydrogen (secondary N) is 2. The summed E-state index contributed by atoms with van der Waals surface area (Å²) < 4.78 is 0.986. The molecule has 0 aliphatic rings. The molecule has 8 heteroatoms. The van der Waals surface area contributed by atoms with Gasteiger partial charge in [-0.25, -0.2) is 4.98 Å². The first-order chi connectivity index (χ1) is 13.6. The Morgan fingerprint density at radius 2 is 1.82 bits per heavy atom. The Kier molecular flexibility index (Phi) is 7.16. The molecule has 2 amide bonds. The van der Waals surface area contributed by atoms with Crippen molar-refractivity contribution in [1.29, 1.82) is 0 Å². The van der Waals surface area contributed by atoms with Gasteiger partial charge in [0, 0.05) is 34.7 Å². The third-order valence-corrected chi connectivity index (χ3v) is 5.18. The first-order valence-corrected chi connectivity index (χ1v) is 10.1. The van der Waals surface area contributed by atoms with E-state index in [1.54, 1.807) is 42.9 Å². The quantitative estimate of drug-likeness (QED) is 0.557. The van der Waals surface area contributed by atoms with Crippen LogP contribution < -0.4 is 10.6 Å². The van der Waals surface area contributed by atoms with Crippen LogP contribution in [0.5, 0.6) is 0 Å². The summed E-state index contributed by atoms with van der Waals surface area (Å²) in [4.78, 5) is 33.7. The number of hydrogen-bond acceptors (Lipinski definition) is 5. The second kappa shape index (κ2) is 10.0. The Hall–Kier alpha value is -2.71. The molecule has 6 nitrogen and oxygen atoms in total. The molecule has 3 aromatic rings. The summed E-state index contributed by atoms with van der Waals surface area (Å²) in [6.07, 6.45) is 5.01. The van der Waals surface area contributed by atoms with Crippen LogP contribution in [0.4, 0.5) is 5.69 Å². The number of rotatable bonds is 7. The summed E-state index contributed by atoms with van der Waals surface area (Å²) in [7, 11) is 0. The van der Waals surface area contributed by atoms with Gasteiger partial charge in [0.1, 0.15) is 5.03 Å². The molecule has 0 aliphatic heterocycles. The number of halogens is 1. The van der Waals surface area contributed by atoms with Gasteiger partial charge >= 0.3 is 0 Å². The lowest BCUT2D eigenvalue weighted by atomic mass is 10.2. The molecule has 0 bridgehead atoms. The van der Waals surface area contributed by atoms with Crippen molar-refractivity contribution in [2.75, 3.05) is 11.9 Å². The van der Waals surface area contributed by atoms with Gasteiger partial charge in [-0.15, -0.1) is 0 Å². The average molecular weight is 457 g/mol. The van der Waals surface area contributed by atoms with E-state index < -0.39 is 0 Å². The normalized spacial score (nSPS) is 10.3. The van der Waals surface area contributed by atoms with Crippen LogP contribution in [0.3, 0.4) is 0 Å². The fourth-order valence-corrected chi connectivity index (χ4v) is 3.45. The SMILES string of the molecule is O=C(CCNC(=O)c1cccnc1Sc1ccc(Br)cc1)Nc1cccnc1. The van der Waals surface area contributed by atoms with Gasteiger partial charge in [-0.1, -0.05) is 27.7 Å². The van der Waals surface area contributed by atoms with Crippen molar-refractivity contribution in [3.8, 4) is 0 Å². The molecule has 0 aliphatic carbocycles. The summed E-state index contributed by atoms with van der Waals surface area (Å²) in [5, 5.41) is 6.12. The molecule has 0 spiro atoms. The van der Waals surface area contributed by atoms with Gasteiger partial charge in [0.25, 0.3) is 5.91 Å². The Balaban J connectivity index is 1.55. The van der Waals surface area contributed by atoms with Crippen LogP contribution in [0.2, 0.25) is 0 Å². The van der Waals surface area contributed by atoms with E-state index in [0.29, 0.717) is 16.3 Å². The van der Waals surface area contributed by atoms with Crippen molar-refractivity contribution in [2.45, 2.75) is 16.3 Å². The molecular weight excluding hydrogens is 440 g/mol. The minimum Gasteiger partial charge on any atom is -0.351 e. The van der Waals surface area contributed by atoms with Crippen LogP contribution in [0.15, 0.2) is 81.5 Å². The van der Waals surface area contributed by atoms with Gasteiger partial charge in [-0.3, -0.25) is 14.6 Å². The van der Waals surface area contributed by atoms with Crippen molar-refractivity contribution >= 4 is 45.2 Å². The third-order valence-electron chi connectivity index (χ3n) is 3.63. The fourth-order valence-electron chi connectivity index (χ4n) is 2.30. The number of pyridine rings is 2. The highest BCUT2D eigenvalue weighted by Gasteiger charge is 2.14. The van der Waals surface area contributed by atoms with Gasteiger partial charge < -0.3 is 10.6 Å². The number of hydrogen-bond donors (Lipinski definition) is 2. The molecule has 0 radical (unpaired) electrons. The minimum absolute atomic E-state index is 0.163. The summed E-state index contributed by atoms with van der Waals surface area (Å²) in [5.74, 6) is -0.453. The number of carbonyl (C=O) groups is 2. The second-order valence-electron chi connectivity index (χ2n) is 5.71. The molecule has 2 N–H and O–H groups in total. The van der Waals surface area contributed by atoms with Gasteiger partial charge in [-0.05, 0) is 48.5 Å². The van der Waals surface area contributed by atoms with E-state index in [0.717, 1.165) is 9.37 Å². The summed E-state index contributed by atoms with van der Waals surface area (Å²) in [6, 6.07) is 14.7. The highest BCUT2D eigenvalue weighted by Crippen LogP contribution is 2.29. The van der Waals surface area contributed by atoms with Crippen LogP contribution in [0.1, 0.15) is 16.8 Å². The highest BCUT2D eigenvalue weighted by atomic mass is 79.9. The van der Waals surface area contributed by atoms with Crippen LogP contribution >= 0.6 is 27.7 Å². The first-order valence-electron chi connectivity index (χ1n) is 8.48. The Morgan fingerprint density at radius 3 is 2.57 bits per heavy atom. The standard InChI is InChI=1S/C20H17BrN4O2S/c21-14-5-7-16(8-6-14)28-20-17(4-2-11-24-20)19(27)23-12-9-18(26)25-15-3-1-10-22-13-15/h1-8,10-11,13H,9,12H2,(H,23,27)(H,25,26). The molecule has 142 valence electrons. The molecular formula is C20H17BrN4O2S. The van der Waals surface area contributed by atoms with Crippen molar-refractivity contribution in [1.82, 2.24) is 15.3 Å². The molecule has 1 aromatic carbocycles. The van der Waals surface area contributed by atoms with Crippen molar-refractivity contribution in [2.24, 2.45) is 0 Å². The Labute approximate surface area is 175 Å². The predicted octanol–water partition coefficient (Wildman–Crippen LogP) is 4.15. The zero-order chi connectivity index (χ0) is 19.8. The molecule has 0 saturated heterocycles. The van der Waals surface area contributed by atoms with Crippen molar-refractivity contribution in [3.63, 3.8) is 0 Å². The van der Waals surface area contributed by atoms with Crippen LogP contribution in [-0.2, 0) is 4.79 Å². The third kappa shape index (κ3) is 5.90. The zero-order valence-corrected chi connectivity index (χ0v) is 17.2. The Morgan fingerprint density at radius 1 is 1.04 bits per heavy atom. The largest absolute Gasteiger partial charge is 0.351 e. The maximum absolute atomic E-state index is 12.5. The van der Waals surface area contributed by atoms with Crippen molar-refractivity contribution < 1.29 is 9.59 Å². The summed E-state index contributed by atoms with van der Waals surface area (Å²) in [5.41, 5.74) is 1.10. The molecule has 0 atom stereocenters. The zero-order valence-electron chi connectivity index (χ0n) is 14.8. The summed E-state index contributed by atoms with van der Waals surface area (Å²) in [6.45, 7) is 0.224. The monoisotopic (exact) mass is 456 g/mol. The molecule has 2 aromatic heterocycles. The van der Waals surface area contributed by atoms with Crippen LogP contribution in [0.25, 0.3) is 0 Å². The van der Waals surface area contributed by atoms with Gasteiger partial charge in [0.05, 0.1) is 17.4 Å². The van der Waals surface area contributed by atoms with E-state index in [2.05, 4.69) is 36.5 Å². The molecule has 0 saturated carbocycles. The van der Waals surface area contributed by atoms with E-state index in [4.69, 9.17) is 0 Å². The molecule has 0 unspecified atom stereocenters. The fraction of sp³-hybridized carbons (Fsp3) is 0.100. The number of anilines is 1. The van der Waals surface area contributed by atoms with E-state index >= 15 is 0 Å². The average Bonchev–Trinajstić information content (AvgIpc) is 2.71. The van der Waals surface area contributed by atoms with Gasteiger partial charge in [0.15, 0.2) is 0 Å². The number of nitrogens with zero attached hydrogens (tertiary/aromatic N) is 2. The maximum atomic E-state index is 12.5. The van der Waals surface area contributed by atoms with E-state index in [9.17, 15) is 9.59 Å². The van der Waals surface area contributed by atoms with Crippen LogP contribution in [-0.4, -0.2) is 28.3 Å². The number of aromatic nitrogens is 2. The van der Waals surface area contributed by atoms with Gasteiger partial charge in [0.2, 0.25) is 5.91 Å². The molecule has 2 heterocycles. The molecule has 28 heavy (non-hydrogen) atoms. The van der Waals surface area contributed by atoms with E-state index in [1.807, 2.05) is 24.3 Å². The number of benzene rings is 1. The lowest BCUT2D eigenvalue weighted by Crippen LogP contribution is -2.28. The number of amides is 2. The lowest BCUT2D eigenvalue weighted by Gasteiger charge is -2.09. The van der Waals surface area contributed by atoms with Crippen LogP contribution in [0, 0.1) is 0 Å². The van der Waals surface area contributed by atoms with E-state index in [1.165, 1.54) is 11.8 Å². The summed E-state index contributed by atoms with van der Waals surface area (Å²) >= 11 is 4.82.